The molecule has 0 radical (unpaired) electrons. The van der Waals surface area contributed by atoms with Crippen molar-refractivity contribution in [3.8, 4) is 0 Å². The predicted molar refractivity (Wildman–Crippen MR) is 108 cm³/mol. The van der Waals surface area contributed by atoms with Crippen molar-refractivity contribution in [3.05, 3.63) is 12.3 Å². The number of carbonyl (C=O) groups is 1. The van der Waals surface area contributed by atoms with Crippen molar-refractivity contribution < 1.29 is 9.53 Å². The first-order valence-corrected chi connectivity index (χ1v) is 9.95. The molecule has 4 nitrogen and oxygen atoms in total. The van der Waals surface area contributed by atoms with Gasteiger partial charge in [0.25, 0.3) is 0 Å². The average Bonchev–Trinajstić information content (AvgIpc) is 3.08. The van der Waals surface area contributed by atoms with Crippen LogP contribution >= 0.6 is 0 Å². The first kappa shape index (κ1) is 23.7. The van der Waals surface area contributed by atoms with Gasteiger partial charge < -0.3 is 9.64 Å². The summed E-state index contributed by atoms with van der Waals surface area (Å²) in [5.74, 6) is 0.659. The molecule has 1 fully saturated rings. The van der Waals surface area contributed by atoms with Gasteiger partial charge in [-0.3, -0.25) is 4.99 Å². The Labute approximate surface area is 155 Å². The molecule has 0 aliphatic carbocycles. The number of amides is 1. The summed E-state index contributed by atoms with van der Waals surface area (Å²) in [7, 11) is 0. The van der Waals surface area contributed by atoms with Gasteiger partial charge in [-0.05, 0) is 46.0 Å². The second-order valence-corrected chi connectivity index (χ2v) is 7.69. The van der Waals surface area contributed by atoms with E-state index < -0.39 is 0 Å². The van der Waals surface area contributed by atoms with E-state index in [4.69, 9.17) is 4.74 Å². The fraction of sp³-hybridized carbons (Fsp3) is 0.810. The summed E-state index contributed by atoms with van der Waals surface area (Å²) in [4.78, 5) is 17.7. The lowest BCUT2D eigenvalue weighted by Crippen LogP contribution is -2.42. The highest BCUT2D eigenvalue weighted by Crippen LogP contribution is 2.21. The second kappa shape index (κ2) is 13.0. The van der Waals surface area contributed by atoms with E-state index in [0.717, 1.165) is 38.8 Å². The van der Waals surface area contributed by atoms with Gasteiger partial charge in [0.05, 0.1) is 0 Å². The van der Waals surface area contributed by atoms with E-state index >= 15 is 0 Å². The van der Waals surface area contributed by atoms with Gasteiger partial charge in [0.15, 0.2) is 0 Å². The molecule has 2 aliphatic rings. The highest BCUT2D eigenvalue weighted by molar-refractivity contribution is 5.87. The first-order chi connectivity index (χ1) is 11.8. The Morgan fingerprint density at radius 3 is 2.32 bits per heavy atom. The number of likely N-dealkylation sites (tertiary alicyclic amines) is 1. The Hall–Kier alpha value is -1.32. The topological polar surface area (TPSA) is 41.9 Å². The van der Waals surface area contributed by atoms with Crippen molar-refractivity contribution in [2.75, 3.05) is 13.1 Å². The molecule has 0 bridgehead atoms. The van der Waals surface area contributed by atoms with Gasteiger partial charge in [0, 0.05) is 31.4 Å². The van der Waals surface area contributed by atoms with E-state index in [1.165, 1.54) is 18.6 Å². The Balaban J connectivity index is 0.000000475. The lowest BCUT2D eigenvalue weighted by Gasteiger charge is -2.33. The van der Waals surface area contributed by atoms with Crippen LogP contribution in [-0.2, 0) is 4.74 Å². The van der Waals surface area contributed by atoms with Crippen LogP contribution < -0.4 is 0 Å². The lowest BCUT2D eigenvalue weighted by atomic mass is 9.96. The van der Waals surface area contributed by atoms with Gasteiger partial charge in [-0.25, -0.2) is 4.79 Å². The normalized spacial score (nSPS) is 19.2. The lowest BCUT2D eigenvalue weighted by molar-refractivity contribution is 0.0164. The quantitative estimate of drug-likeness (QED) is 0.592. The summed E-state index contributed by atoms with van der Waals surface area (Å²) < 4.78 is 5.36. The summed E-state index contributed by atoms with van der Waals surface area (Å²) in [6.45, 7) is 16.0. The average molecular weight is 353 g/mol. The monoisotopic (exact) mass is 352 g/mol. The molecule has 2 rings (SSSR count). The molecule has 0 unspecified atom stereocenters. The Morgan fingerprint density at radius 1 is 1.28 bits per heavy atom. The molecule has 1 amide bonds. The number of aliphatic imine (C=N–C) groups is 1. The highest BCUT2D eigenvalue weighted by atomic mass is 16.6. The number of nitrogens with zero attached hydrogens (tertiary/aromatic N) is 2. The molecule has 0 aromatic heterocycles. The molecule has 0 saturated carbocycles. The van der Waals surface area contributed by atoms with Crippen molar-refractivity contribution in [2.45, 2.75) is 92.6 Å². The molecule has 0 aromatic rings. The van der Waals surface area contributed by atoms with Crippen LogP contribution in [0.1, 0.15) is 87.0 Å². The second-order valence-electron chi connectivity index (χ2n) is 7.69. The minimum Gasteiger partial charge on any atom is -0.444 e. The number of hydrogen-bond donors (Lipinski definition) is 0. The summed E-state index contributed by atoms with van der Waals surface area (Å²) in [5, 5.41) is 0. The summed E-state index contributed by atoms with van der Waals surface area (Å²) in [6, 6.07) is 0. The third-order valence-corrected chi connectivity index (χ3v) is 3.87. The summed E-state index contributed by atoms with van der Waals surface area (Å²) in [5.41, 5.74) is 0.927. The van der Waals surface area contributed by atoms with Crippen molar-refractivity contribution in [1.29, 1.82) is 0 Å². The number of allylic oxidation sites excluding steroid dienone is 1. The Bertz CT molecular complexity index is 422. The molecule has 1 atom stereocenters. The number of rotatable bonds is 2. The maximum atomic E-state index is 11.8. The van der Waals surface area contributed by atoms with Crippen molar-refractivity contribution in [2.24, 2.45) is 10.9 Å². The SMILES string of the molecule is CCC.CCC1=NC=CC1.CC[C@@H]1CCCN(C(=O)OC(C)(C)C)C1. The Morgan fingerprint density at radius 2 is 1.92 bits per heavy atom. The van der Waals surface area contributed by atoms with Gasteiger partial charge in [-0.2, -0.15) is 0 Å². The molecule has 0 spiro atoms. The molecule has 0 N–H and O–H groups in total. The van der Waals surface area contributed by atoms with Crippen LogP contribution in [0.25, 0.3) is 0 Å². The fourth-order valence-corrected chi connectivity index (χ4v) is 2.53. The number of hydrogen-bond acceptors (Lipinski definition) is 3. The van der Waals surface area contributed by atoms with Crippen LogP contribution in [0.2, 0.25) is 0 Å². The molecular weight excluding hydrogens is 312 g/mol. The van der Waals surface area contributed by atoms with E-state index in [-0.39, 0.29) is 11.7 Å². The number of piperidine rings is 1. The van der Waals surface area contributed by atoms with Crippen LogP contribution in [0.15, 0.2) is 17.3 Å². The maximum absolute atomic E-state index is 11.8. The van der Waals surface area contributed by atoms with Gasteiger partial charge in [-0.15, -0.1) is 0 Å². The maximum Gasteiger partial charge on any atom is 0.410 e. The van der Waals surface area contributed by atoms with E-state index in [0.29, 0.717) is 5.92 Å². The zero-order valence-electron chi connectivity index (χ0n) is 17.6. The molecule has 25 heavy (non-hydrogen) atoms. The van der Waals surface area contributed by atoms with Crippen LogP contribution in [-0.4, -0.2) is 35.4 Å². The molecule has 0 aromatic carbocycles. The summed E-state index contributed by atoms with van der Waals surface area (Å²) >= 11 is 0. The first-order valence-electron chi connectivity index (χ1n) is 9.95. The molecule has 146 valence electrons. The predicted octanol–water partition coefficient (Wildman–Crippen LogP) is 6.21. The largest absolute Gasteiger partial charge is 0.444 e. The van der Waals surface area contributed by atoms with Crippen molar-refractivity contribution in [3.63, 3.8) is 0 Å². The zero-order valence-corrected chi connectivity index (χ0v) is 17.6. The highest BCUT2D eigenvalue weighted by Gasteiger charge is 2.26. The number of ether oxygens (including phenoxy) is 1. The minimum absolute atomic E-state index is 0.152. The third-order valence-electron chi connectivity index (χ3n) is 3.87. The van der Waals surface area contributed by atoms with Crippen LogP contribution in [0.4, 0.5) is 4.79 Å². The van der Waals surface area contributed by atoms with E-state index in [1.807, 2.05) is 31.9 Å². The van der Waals surface area contributed by atoms with Gasteiger partial charge in [-0.1, -0.05) is 46.6 Å². The van der Waals surface area contributed by atoms with E-state index in [9.17, 15) is 4.79 Å². The van der Waals surface area contributed by atoms with E-state index in [1.54, 1.807) is 0 Å². The molecule has 2 aliphatic heterocycles. The van der Waals surface area contributed by atoms with Gasteiger partial charge in [0.2, 0.25) is 0 Å². The van der Waals surface area contributed by atoms with E-state index in [2.05, 4.69) is 38.8 Å². The van der Waals surface area contributed by atoms with Crippen LogP contribution in [0.3, 0.4) is 0 Å². The van der Waals surface area contributed by atoms with Gasteiger partial charge >= 0.3 is 6.09 Å². The van der Waals surface area contributed by atoms with Crippen molar-refractivity contribution in [1.82, 2.24) is 4.90 Å². The molecule has 4 heteroatoms. The molecular formula is C21H40N2O2. The molecule has 1 saturated heterocycles. The van der Waals surface area contributed by atoms with Gasteiger partial charge in [0.1, 0.15) is 5.60 Å². The smallest absolute Gasteiger partial charge is 0.410 e. The minimum atomic E-state index is -0.379. The third kappa shape index (κ3) is 11.8. The molecule has 2 heterocycles. The number of carbonyl (C=O) groups excluding carboxylic acids is 1. The van der Waals surface area contributed by atoms with Crippen LogP contribution in [0.5, 0.6) is 0 Å². The fourth-order valence-electron chi connectivity index (χ4n) is 2.53. The summed E-state index contributed by atoms with van der Waals surface area (Å²) in [6.07, 6.45) is 10.7. The van der Waals surface area contributed by atoms with Crippen molar-refractivity contribution >= 4 is 11.8 Å². The van der Waals surface area contributed by atoms with Crippen LogP contribution in [0, 0.1) is 5.92 Å². The Kier molecular flexibility index (Phi) is 12.3. The standard InChI is InChI=1S/C12H23NO2.C6H9N.C3H8/c1-5-10-7-6-8-13(9-10)11(14)15-12(2,3)4;1-2-6-4-3-5-7-6;1-3-2/h10H,5-9H2,1-4H3;3,5H,2,4H2,1H3;3H2,1-2H3/t10-;;/m1../s1. The zero-order chi connectivity index (χ0) is 19.3.